The van der Waals surface area contributed by atoms with E-state index in [2.05, 4.69) is 10.6 Å². The van der Waals surface area contributed by atoms with Gasteiger partial charge in [0, 0.05) is 18.0 Å². The van der Waals surface area contributed by atoms with Crippen molar-refractivity contribution in [2.75, 3.05) is 5.32 Å². The zero-order valence-corrected chi connectivity index (χ0v) is 9.73. The number of amides is 2. The number of carbonyl (C=O) groups is 1. The van der Waals surface area contributed by atoms with Crippen molar-refractivity contribution >= 4 is 11.7 Å². The number of rotatable bonds is 3. The fourth-order valence-corrected chi connectivity index (χ4v) is 1.59. The molecule has 2 rings (SSSR count). The molecule has 4 nitrogen and oxygen atoms in total. The molecule has 0 atom stereocenters. The number of aromatic hydroxyl groups is 1. The lowest BCUT2D eigenvalue weighted by molar-refractivity contribution is 0.255. The van der Waals surface area contributed by atoms with Crippen molar-refractivity contribution in [1.29, 1.82) is 0 Å². The number of phenolic OH excluding ortho intramolecular Hbond substituents is 1. The predicted octanol–water partition coefficient (Wildman–Crippen LogP) is 2.83. The van der Waals surface area contributed by atoms with E-state index < -0.39 is 0 Å². The molecule has 0 heterocycles. The van der Waals surface area contributed by atoms with Crippen LogP contribution in [-0.4, -0.2) is 11.1 Å². The van der Waals surface area contributed by atoms with Gasteiger partial charge in [0.1, 0.15) is 5.75 Å². The first-order chi connectivity index (χ1) is 8.15. The molecule has 1 aliphatic rings. The van der Waals surface area contributed by atoms with Gasteiger partial charge in [-0.25, -0.2) is 4.79 Å². The summed E-state index contributed by atoms with van der Waals surface area (Å²) in [5, 5.41) is 14.6. The van der Waals surface area contributed by atoms with Crippen molar-refractivity contribution in [1.82, 2.24) is 5.32 Å². The van der Waals surface area contributed by atoms with Crippen molar-refractivity contribution in [3.63, 3.8) is 0 Å². The second kappa shape index (κ2) is 4.91. The van der Waals surface area contributed by atoms with Crippen molar-refractivity contribution in [2.24, 2.45) is 5.92 Å². The van der Waals surface area contributed by atoms with Gasteiger partial charge in [0.25, 0.3) is 0 Å². The standard InChI is InChI=1S/C13H16N2O2/c1-9(10-5-6-10)8-14-13(17)15-11-3-2-4-12(16)7-11/h2-4,7-8,10,16H,5-6H2,1H3,(H2,14,15,17)/b9-8+. The Morgan fingerprint density at radius 3 is 2.88 bits per heavy atom. The third kappa shape index (κ3) is 3.52. The summed E-state index contributed by atoms with van der Waals surface area (Å²) in [4.78, 5) is 11.5. The van der Waals surface area contributed by atoms with Gasteiger partial charge in [-0.2, -0.15) is 0 Å². The van der Waals surface area contributed by atoms with Crippen LogP contribution in [0.25, 0.3) is 0 Å². The molecule has 0 unspecified atom stereocenters. The van der Waals surface area contributed by atoms with E-state index in [9.17, 15) is 9.90 Å². The number of hydrogen-bond acceptors (Lipinski definition) is 2. The van der Waals surface area contributed by atoms with E-state index in [1.807, 2.05) is 6.92 Å². The fourth-order valence-electron chi connectivity index (χ4n) is 1.59. The van der Waals surface area contributed by atoms with E-state index in [4.69, 9.17) is 0 Å². The molecule has 4 heteroatoms. The monoisotopic (exact) mass is 232 g/mol. The topological polar surface area (TPSA) is 61.4 Å². The number of allylic oxidation sites excluding steroid dienone is 1. The summed E-state index contributed by atoms with van der Waals surface area (Å²) in [6, 6.07) is 6.15. The van der Waals surface area contributed by atoms with Crippen LogP contribution in [0.2, 0.25) is 0 Å². The molecule has 1 saturated carbocycles. The van der Waals surface area contributed by atoms with Crippen molar-refractivity contribution in [2.45, 2.75) is 19.8 Å². The Morgan fingerprint density at radius 1 is 1.47 bits per heavy atom. The molecular formula is C13H16N2O2. The maximum atomic E-state index is 11.5. The van der Waals surface area contributed by atoms with Crippen LogP contribution in [0, 0.1) is 5.92 Å². The Hall–Kier alpha value is -1.97. The van der Waals surface area contributed by atoms with Crippen LogP contribution in [0.5, 0.6) is 5.75 Å². The fraction of sp³-hybridized carbons (Fsp3) is 0.308. The van der Waals surface area contributed by atoms with Crippen molar-refractivity contribution in [3.05, 3.63) is 36.0 Å². The van der Waals surface area contributed by atoms with Crippen LogP contribution in [0.15, 0.2) is 36.0 Å². The average molecular weight is 232 g/mol. The highest BCUT2D eigenvalue weighted by atomic mass is 16.3. The van der Waals surface area contributed by atoms with E-state index in [1.54, 1.807) is 24.4 Å². The van der Waals surface area contributed by atoms with Gasteiger partial charge in [0.2, 0.25) is 0 Å². The molecule has 17 heavy (non-hydrogen) atoms. The van der Waals surface area contributed by atoms with Crippen LogP contribution in [0.1, 0.15) is 19.8 Å². The Bertz CT molecular complexity index is 450. The Balaban J connectivity index is 1.86. The first kappa shape index (κ1) is 11.5. The van der Waals surface area contributed by atoms with Gasteiger partial charge in [0.15, 0.2) is 0 Å². The summed E-state index contributed by atoms with van der Waals surface area (Å²) in [6.07, 6.45) is 4.19. The van der Waals surface area contributed by atoms with Gasteiger partial charge in [-0.05, 0) is 37.8 Å². The maximum Gasteiger partial charge on any atom is 0.323 e. The summed E-state index contributed by atoms with van der Waals surface area (Å²) in [6.45, 7) is 2.02. The van der Waals surface area contributed by atoms with Gasteiger partial charge in [-0.15, -0.1) is 0 Å². The predicted molar refractivity (Wildman–Crippen MR) is 66.7 cm³/mol. The third-order valence-electron chi connectivity index (χ3n) is 2.76. The normalized spacial score (nSPS) is 15.5. The molecule has 0 bridgehead atoms. The maximum absolute atomic E-state index is 11.5. The van der Waals surface area contributed by atoms with Crippen LogP contribution in [0.4, 0.5) is 10.5 Å². The van der Waals surface area contributed by atoms with Gasteiger partial charge in [-0.1, -0.05) is 11.6 Å². The van der Waals surface area contributed by atoms with Gasteiger partial charge >= 0.3 is 6.03 Å². The number of hydrogen-bond donors (Lipinski definition) is 3. The Labute approximate surface area is 100 Å². The van der Waals surface area contributed by atoms with Crippen LogP contribution in [0.3, 0.4) is 0 Å². The smallest absolute Gasteiger partial charge is 0.323 e. The van der Waals surface area contributed by atoms with Crippen molar-refractivity contribution < 1.29 is 9.90 Å². The number of nitrogens with one attached hydrogen (secondary N) is 2. The lowest BCUT2D eigenvalue weighted by atomic mass is 10.2. The SMILES string of the molecule is C/C(=C\NC(=O)Nc1cccc(O)c1)C1CC1. The molecule has 0 radical (unpaired) electrons. The molecule has 1 aromatic carbocycles. The molecule has 1 aliphatic carbocycles. The quantitative estimate of drug-likeness (QED) is 0.750. The molecule has 0 aromatic heterocycles. The number of benzene rings is 1. The summed E-state index contributed by atoms with van der Waals surface area (Å²) < 4.78 is 0. The largest absolute Gasteiger partial charge is 0.508 e. The summed E-state index contributed by atoms with van der Waals surface area (Å²) in [5.41, 5.74) is 1.77. The van der Waals surface area contributed by atoms with E-state index >= 15 is 0 Å². The Kier molecular flexibility index (Phi) is 3.32. The zero-order chi connectivity index (χ0) is 12.3. The van der Waals surface area contributed by atoms with Gasteiger partial charge < -0.3 is 15.7 Å². The summed E-state index contributed by atoms with van der Waals surface area (Å²) >= 11 is 0. The molecule has 3 N–H and O–H groups in total. The summed E-state index contributed by atoms with van der Waals surface area (Å²) in [5.74, 6) is 0.781. The highest BCUT2D eigenvalue weighted by Crippen LogP contribution is 2.35. The van der Waals surface area contributed by atoms with Crippen LogP contribution >= 0.6 is 0 Å². The highest BCUT2D eigenvalue weighted by molar-refractivity contribution is 5.90. The van der Waals surface area contributed by atoms with Gasteiger partial charge in [-0.3, -0.25) is 0 Å². The van der Waals surface area contributed by atoms with Crippen molar-refractivity contribution in [3.8, 4) is 5.75 Å². The molecule has 90 valence electrons. The lowest BCUT2D eigenvalue weighted by Gasteiger charge is -2.05. The number of carbonyl (C=O) groups excluding carboxylic acids is 1. The minimum atomic E-state index is -0.296. The molecule has 1 aromatic rings. The number of anilines is 1. The number of urea groups is 1. The number of phenols is 1. The van der Waals surface area contributed by atoms with E-state index in [0.717, 1.165) is 0 Å². The van der Waals surface area contributed by atoms with E-state index in [1.165, 1.54) is 24.5 Å². The zero-order valence-electron chi connectivity index (χ0n) is 9.73. The van der Waals surface area contributed by atoms with Crippen LogP contribution < -0.4 is 10.6 Å². The minimum absolute atomic E-state index is 0.132. The first-order valence-corrected chi connectivity index (χ1v) is 5.68. The lowest BCUT2D eigenvalue weighted by Crippen LogP contribution is -2.24. The molecule has 2 amide bonds. The molecule has 1 fully saturated rings. The second-order valence-corrected chi connectivity index (χ2v) is 4.31. The summed E-state index contributed by atoms with van der Waals surface area (Å²) in [7, 11) is 0. The van der Waals surface area contributed by atoms with E-state index in [-0.39, 0.29) is 11.8 Å². The highest BCUT2D eigenvalue weighted by Gasteiger charge is 2.22. The molecule has 0 saturated heterocycles. The minimum Gasteiger partial charge on any atom is -0.508 e. The Morgan fingerprint density at radius 2 is 2.24 bits per heavy atom. The van der Waals surface area contributed by atoms with Gasteiger partial charge in [0.05, 0.1) is 0 Å². The van der Waals surface area contributed by atoms with E-state index in [0.29, 0.717) is 11.6 Å². The second-order valence-electron chi connectivity index (χ2n) is 4.31. The van der Waals surface area contributed by atoms with Crippen LogP contribution in [-0.2, 0) is 0 Å². The first-order valence-electron chi connectivity index (χ1n) is 5.68. The molecule has 0 aliphatic heterocycles. The third-order valence-corrected chi connectivity index (χ3v) is 2.76. The molecule has 0 spiro atoms. The molecular weight excluding hydrogens is 216 g/mol. The average Bonchev–Trinajstić information content (AvgIpc) is 3.09.